The molecule has 2 aromatic rings. The molecule has 0 atom stereocenters. The highest BCUT2D eigenvalue weighted by Crippen LogP contribution is 2.24. The molecule has 0 bridgehead atoms. The number of benzene rings is 1. The Morgan fingerprint density at radius 2 is 2.00 bits per heavy atom. The van der Waals surface area contributed by atoms with Crippen LogP contribution in [0.5, 0.6) is 0 Å². The highest BCUT2D eigenvalue weighted by molar-refractivity contribution is 7.10. The van der Waals surface area contributed by atoms with Crippen molar-refractivity contribution in [3.63, 3.8) is 0 Å². The Bertz CT molecular complexity index is 721. The number of hydrogen-bond acceptors (Lipinski definition) is 3. The number of rotatable bonds is 5. The molecule has 0 fully saturated rings. The molecule has 4 nitrogen and oxygen atoms in total. The number of thiophene rings is 1. The highest BCUT2D eigenvalue weighted by Gasteiger charge is 2.21. The first kappa shape index (κ1) is 16.7. The molecule has 1 aromatic heterocycles. The van der Waals surface area contributed by atoms with Gasteiger partial charge in [0.2, 0.25) is 5.91 Å². The largest absolute Gasteiger partial charge is 0.352 e. The predicted molar refractivity (Wildman–Crippen MR) is 96.2 cm³/mol. The Morgan fingerprint density at radius 1 is 1.21 bits per heavy atom. The van der Waals surface area contributed by atoms with E-state index in [2.05, 4.69) is 23.7 Å². The maximum absolute atomic E-state index is 12.3. The number of amides is 2. The SMILES string of the molecule is CCc1ccc(C(=O)NCCC(=O)N2CCc3sccc3C2)cc1. The number of nitrogens with zero attached hydrogens (tertiary/aromatic N) is 1. The van der Waals surface area contributed by atoms with Gasteiger partial charge in [-0.3, -0.25) is 9.59 Å². The normalized spacial score (nSPS) is 13.5. The Balaban J connectivity index is 1.45. The van der Waals surface area contributed by atoms with Crippen LogP contribution in [0, 0.1) is 0 Å². The minimum Gasteiger partial charge on any atom is -0.352 e. The van der Waals surface area contributed by atoms with E-state index in [0.717, 1.165) is 19.4 Å². The van der Waals surface area contributed by atoms with Crippen molar-refractivity contribution in [2.75, 3.05) is 13.1 Å². The second-order valence-corrected chi connectivity index (χ2v) is 6.99. The van der Waals surface area contributed by atoms with Gasteiger partial charge in [0.25, 0.3) is 5.91 Å². The van der Waals surface area contributed by atoms with Crippen LogP contribution in [0.4, 0.5) is 0 Å². The molecule has 0 radical (unpaired) electrons. The van der Waals surface area contributed by atoms with Crippen LogP contribution in [-0.2, 0) is 24.2 Å². The topological polar surface area (TPSA) is 49.4 Å². The van der Waals surface area contributed by atoms with Crippen molar-refractivity contribution >= 4 is 23.2 Å². The Morgan fingerprint density at radius 3 is 2.75 bits per heavy atom. The molecular weight excluding hydrogens is 320 g/mol. The first-order chi connectivity index (χ1) is 11.7. The third-order valence-corrected chi connectivity index (χ3v) is 5.43. The summed E-state index contributed by atoms with van der Waals surface area (Å²) in [5, 5.41) is 4.92. The number of carbonyl (C=O) groups is 2. The zero-order chi connectivity index (χ0) is 16.9. The molecule has 126 valence electrons. The average molecular weight is 342 g/mol. The lowest BCUT2D eigenvalue weighted by Crippen LogP contribution is -2.37. The Hall–Kier alpha value is -2.14. The molecule has 1 N–H and O–H groups in total. The maximum Gasteiger partial charge on any atom is 0.251 e. The standard InChI is InChI=1S/C19H22N2O2S/c1-2-14-3-5-15(6-4-14)19(23)20-10-7-18(22)21-11-8-17-16(13-21)9-12-24-17/h3-6,9,12H,2,7-8,10-11,13H2,1H3,(H,20,23). The van der Waals surface area contributed by atoms with Gasteiger partial charge in [0.05, 0.1) is 0 Å². The summed E-state index contributed by atoms with van der Waals surface area (Å²) in [6, 6.07) is 9.69. The van der Waals surface area contributed by atoms with Gasteiger partial charge in [-0.2, -0.15) is 0 Å². The molecule has 0 saturated carbocycles. The van der Waals surface area contributed by atoms with Crippen molar-refractivity contribution in [2.24, 2.45) is 0 Å². The molecule has 3 rings (SSSR count). The van der Waals surface area contributed by atoms with Gasteiger partial charge in [0.1, 0.15) is 0 Å². The van der Waals surface area contributed by atoms with Crippen molar-refractivity contribution < 1.29 is 9.59 Å². The van der Waals surface area contributed by atoms with Crippen molar-refractivity contribution in [3.8, 4) is 0 Å². The van der Waals surface area contributed by atoms with Crippen LogP contribution < -0.4 is 5.32 Å². The van der Waals surface area contributed by atoms with E-state index < -0.39 is 0 Å². The van der Waals surface area contributed by atoms with Gasteiger partial charge in [0.15, 0.2) is 0 Å². The second kappa shape index (κ2) is 7.62. The smallest absolute Gasteiger partial charge is 0.251 e. The van der Waals surface area contributed by atoms with Crippen LogP contribution in [0.3, 0.4) is 0 Å². The fourth-order valence-corrected chi connectivity index (χ4v) is 3.79. The van der Waals surface area contributed by atoms with Crippen LogP contribution in [0.25, 0.3) is 0 Å². The molecular formula is C19H22N2O2S. The first-order valence-electron chi connectivity index (χ1n) is 8.37. The molecule has 24 heavy (non-hydrogen) atoms. The van der Waals surface area contributed by atoms with Crippen LogP contribution in [0.1, 0.15) is 39.7 Å². The van der Waals surface area contributed by atoms with Gasteiger partial charge in [-0.25, -0.2) is 0 Å². The maximum atomic E-state index is 12.3. The Labute approximate surface area is 146 Å². The van der Waals surface area contributed by atoms with Crippen molar-refractivity contribution in [3.05, 3.63) is 57.3 Å². The molecule has 1 aliphatic rings. The van der Waals surface area contributed by atoms with Crippen molar-refractivity contribution in [2.45, 2.75) is 32.7 Å². The lowest BCUT2D eigenvalue weighted by Gasteiger charge is -2.27. The minimum absolute atomic E-state index is 0.105. The van der Waals surface area contributed by atoms with Crippen LogP contribution in [0.2, 0.25) is 0 Å². The number of hydrogen-bond donors (Lipinski definition) is 1. The van der Waals surface area contributed by atoms with Crippen molar-refractivity contribution in [1.82, 2.24) is 10.2 Å². The van der Waals surface area contributed by atoms with Crippen molar-refractivity contribution in [1.29, 1.82) is 0 Å². The monoisotopic (exact) mass is 342 g/mol. The van der Waals surface area contributed by atoms with E-state index >= 15 is 0 Å². The lowest BCUT2D eigenvalue weighted by atomic mass is 10.1. The van der Waals surface area contributed by atoms with Gasteiger partial charge in [-0.15, -0.1) is 11.3 Å². The zero-order valence-electron chi connectivity index (χ0n) is 13.9. The van der Waals surface area contributed by atoms with E-state index in [1.165, 1.54) is 16.0 Å². The second-order valence-electron chi connectivity index (χ2n) is 5.99. The molecule has 0 aliphatic carbocycles. The molecule has 5 heteroatoms. The van der Waals surface area contributed by atoms with Gasteiger partial charge in [-0.1, -0.05) is 19.1 Å². The first-order valence-corrected chi connectivity index (χ1v) is 9.25. The quantitative estimate of drug-likeness (QED) is 0.908. The summed E-state index contributed by atoms with van der Waals surface area (Å²) in [4.78, 5) is 27.7. The average Bonchev–Trinajstić information content (AvgIpc) is 3.09. The summed E-state index contributed by atoms with van der Waals surface area (Å²) < 4.78 is 0. The van der Waals surface area contributed by atoms with E-state index in [0.29, 0.717) is 25.1 Å². The zero-order valence-corrected chi connectivity index (χ0v) is 14.7. The third kappa shape index (κ3) is 3.85. The fraction of sp³-hybridized carbons (Fsp3) is 0.368. The van der Waals surface area contributed by atoms with E-state index in [4.69, 9.17) is 0 Å². The summed E-state index contributed by atoms with van der Waals surface area (Å²) in [6.07, 6.45) is 2.24. The molecule has 0 unspecified atom stereocenters. The summed E-state index contributed by atoms with van der Waals surface area (Å²) in [5.74, 6) is -0.0160. The van der Waals surface area contributed by atoms with Crippen LogP contribution >= 0.6 is 11.3 Å². The highest BCUT2D eigenvalue weighted by atomic mass is 32.1. The van der Waals surface area contributed by atoms with Gasteiger partial charge in [0, 0.05) is 36.5 Å². The number of aryl methyl sites for hydroxylation is 1. The number of fused-ring (bicyclic) bond motifs is 1. The van der Waals surface area contributed by atoms with Crippen LogP contribution in [0.15, 0.2) is 35.7 Å². The third-order valence-electron chi connectivity index (χ3n) is 4.41. The minimum atomic E-state index is -0.121. The molecule has 2 amide bonds. The Kier molecular flexibility index (Phi) is 5.30. The number of carbonyl (C=O) groups excluding carboxylic acids is 2. The van der Waals surface area contributed by atoms with E-state index in [1.54, 1.807) is 11.3 Å². The molecule has 2 heterocycles. The van der Waals surface area contributed by atoms with Crippen LogP contribution in [-0.4, -0.2) is 29.8 Å². The fourth-order valence-electron chi connectivity index (χ4n) is 2.90. The predicted octanol–water partition coefficient (Wildman–Crippen LogP) is 3.02. The summed E-state index contributed by atoms with van der Waals surface area (Å²) in [5.41, 5.74) is 3.11. The van der Waals surface area contributed by atoms with E-state index in [1.807, 2.05) is 29.2 Å². The summed E-state index contributed by atoms with van der Waals surface area (Å²) in [7, 11) is 0. The van der Waals surface area contributed by atoms with Gasteiger partial charge >= 0.3 is 0 Å². The number of nitrogens with one attached hydrogen (secondary N) is 1. The lowest BCUT2D eigenvalue weighted by molar-refractivity contribution is -0.131. The summed E-state index contributed by atoms with van der Waals surface area (Å²) >= 11 is 1.77. The molecule has 0 spiro atoms. The molecule has 1 aromatic carbocycles. The van der Waals surface area contributed by atoms with E-state index in [-0.39, 0.29) is 11.8 Å². The molecule has 1 aliphatic heterocycles. The van der Waals surface area contributed by atoms with Gasteiger partial charge < -0.3 is 10.2 Å². The summed E-state index contributed by atoms with van der Waals surface area (Å²) in [6.45, 7) is 3.93. The molecule has 0 saturated heterocycles. The van der Waals surface area contributed by atoms with Gasteiger partial charge in [-0.05, 0) is 47.5 Å². The van der Waals surface area contributed by atoms with E-state index in [9.17, 15) is 9.59 Å².